The Morgan fingerprint density at radius 1 is 1.33 bits per heavy atom. The molecule has 3 rings (SSSR count). The lowest BCUT2D eigenvalue weighted by Crippen LogP contribution is -2.35. The number of anilines is 2. The minimum Gasteiger partial charge on any atom is -0.368 e. The lowest BCUT2D eigenvalue weighted by molar-refractivity contribution is 0.526. The molecule has 0 aromatic carbocycles. The Morgan fingerprint density at radius 2 is 2.10 bits per heavy atom. The Morgan fingerprint density at radius 3 is 2.81 bits per heavy atom. The van der Waals surface area contributed by atoms with Crippen LogP contribution >= 0.6 is 11.3 Å². The van der Waals surface area contributed by atoms with Crippen LogP contribution in [0, 0.1) is 5.92 Å². The molecule has 0 atom stereocenters. The fraction of sp³-hybridized carbons (Fsp3) is 0.625. The molecule has 5 heteroatoms. The van der Waals surface area contributed by atoms with Crippen LogP contribution in [-0.4, -0.2) is 22.6 Å². The summed E-state index contributed by atoms with van der Waals surface area (Å²) >= 11 is 1.64. The molecule has 1 saturated carbocycles. The van der Waals surface area contributed by atoms with Crippen LogP contribution in [0.3, 0.4) is 0 Å². The van der Waals surface area contributed by atoms with E-state index in [1.54, 1.807) is 11.3 Å². The summed E-state index contributed by atoms with van der Waals surface area (Å²) < 4.78 is 0. The Bertz CT molecular complexity index is 601. The van der Waals surface area contributed by atoms with Gasteiger partial charge in [-0.3, -0.25) is 0 Å². The van der Waals surface area contributed by atoms with Crippen molar-refractivity contribution in [3.8, 4) is 0 Å². The van der Waals surface area contributed by atoms with E-state index in [0.717, 1.165) is 22.6 Å². The maximum atomic E-state index is 5.93. The number of aromatic nitrogens is 2. The van der Waals surface area contributed by atoms with Crippen LogP contribution < -0.4 is 10.6 Å². The van der Waals surface area contributed by atoms with E-state index in [1.807, 2.05) is 0 Å². The van der Waals surface area contributed by atoms with Crippen molar-refractivity contribution in [1.82, 2.24) is 9.97 Å². The van der Waals surface area contributed by atoms with Crippen molar-refractivity contribution in [2.45, 2.75) is 52.0 Å². The van der Waals surface area contributed by atoms with Gasteiger partial charge >= 0.3 is 0 Å². The largest absolute Gasteiger partial charge is 0.368 e. The third-order valence-electron chi connectivity index (χ3n) is 4.31. The molecule has 2 aromatic rings. The molecular formula is C16H24N4S. The number of nitrogen functional groups attached to an aromatic ring is 1. The molecule has 2 N–H and O–H groups in total. The zero-order chi connectivity index (χ0) is 14.8. The molecule has 114 valence electrons. The van der Waals surface area contributed by atoms with Gasteiger partial charge < -0.3 is 10.6 Å². The summed E-state index contributed by atoms with van der Waals surface area (Å²) in [5.74, 6) is 2.14. The van der Waals surface area contributed by atoms with E-state index < -0.39 is 0 Å². The highest BCUT2D eigenvalue weighted by Gasteiger charge is 2.25. The van der Waals surface area contributed by atoms with E-state index in [-0.39, 0.29) is 0 Å². The summed E-state index contributed by atoms with van der Waals surface area (Å²) in [5.41, 5.74) is 5.93. The van der Waals surface area contributed by atoms with Gasteiger partial charge in [-0.1, -0.05) is 26.7 Å². The van der Waals surface area contributed by atoms with Crippen LogP contribution in [0.25, 0.3) is 10.2 Å². The minimum atomic E-state index is 0.396. The topological polar surface area (TPSA) is 55.0 Å². The molecule has 0 amide bonds. The number of nitrogens with two attached hydrogens (primary N) is 1. The van der Waals surface area contributed by atoms with Gasteiger partial charge in [0.1, 0.15) is 10.6 Å². The van der Waals surface area contributed by atoms with Crippen molar-refractivity contribution in [3.63, 3.8) is 0 Å². The molecule has 4 nitrogen and oxygen atoms in total. The summed E-state index contributed by atoms with van der Waals surface area (Å²) in [6.07, 6.45) is 6.39. The number of hydrogen-bond donors (Lipinski definition) is 1. The maximum Gasteiger partial charge on any atom is 0.223 e. The molecule has 2 heterocycles. The number of hydrogen-bond acceptors (Lipinski definition) is 5. The quantitative estimate of drug-likeness (QED) is 0.904. The first-order valence-electron chi connectivity index (χ1n) is 7.92. The zero-order valence-electron chi connectivity index (χ0n) is 12.9. The maximum absolute atomic E-state index is 5.93. The minimum absolute atomic E-state index is 0.396. The summed E-state index contributed by atoms with van der Waals surface area (Å²) in [7, 11) is 0. The van der Waals surface area contributed by atoms with Crippen LogP contribution in [0.4, 0.5) is 11.8 Å². The molecular weight excluding hydrogens is 280 g/mol. The Balaban J connectivity index is 1.98. The molecule has 0 bridgehead atoms. The lowest BCUT2D eigenvalue weighted by Gasteiger charge is -2.31. The molecule has 1 aliphatic carbocycles. The fourth-order valence-corrected chi connectivity index (χ4v) is 3.91. The highest BCUT2D eigenvalue weighted by molar-refractivity contribution is 7.16. The van der Waals surface area contributed by atoms with Gasteiger partial charge in [0.15, 0.2) is 0 Å². The van der Waals surface area contributed by atoms with Crippen molar-refractivity contribution < 1.29 is 0 Å². The highest BCUT2D eigenvalue weighted by Crippen LogP contribution is 2.34. The number of fused-ring (bicyclic) bond motifs is 1. The second-order valence-corrected chi connectivity index (χ2v) is 7.25. The summed E-state index contributed by atoms with van der Waals surface area (Å²) in [6.45, 7) is 5.62. The van der Waals surface area contributed by atoms with E-state index in [4.69, 9.17) is 5.73 Å². The monoisotopic (exact) mass is 304 g/mol. The van der Waals surface area contributed by atoms with Crippen molar-refractivity contribution in [1.29, 1.82) is 0 Å². The van der Waals surface area contributed by atoms with Gasteiger partial charge in [0, 0.05) is 12.6 Å². The van der Waals surface area contributed by atoms with Crippen LogP contribution in [0.1, 0.15) is 46.0 Å². The van der Waals surface area contributed by atoms with Crippen LogP contribution in [0.2, 0.25) is 0 Å². The normalized spacial score (nSPS) is 16.1. The van der Waals surface area contributed by atoms with E-state index >= 15 is 0 Å². The van der Waals surface area contributed by atoms with E-state index in [2.05, 4.69) is 40.2 Å². The Kier molecular flexibility index (Phi) is 4.29. The molecule has 0 radical (unpaired) electrons. The smallest absolute Gasteiger partial charge is 0.223 e. The molecule has 1 aliphatic rings. The van der Waals surface area contributed by atoms with Gasteiger partial charge in [0.05, 0.1) is 5.39 Å². The number of rotatable bonds is 5. The number of nitrogens with zero attached hydrogens (tertiary/aromatic N) is 3. The second-order valence-electron chi connectivity index (χ2n) is 6.36. The van der Waals surface area contributed by atoms with Crippen LogP contribution in [0.5, 0.6) is 0 Å². The molecule has 0 saturated heterocycles. The van der Waals surface area contributed by atoms with Gasteiger partial charge in [-0.15, -0.1) is 11.3 Å². The predicted octanol–water partition coefficient (Wildman–Crippen LogP) is 4.07. The van der Waals surface area contributed by atoms with Crippen molar-refractivity contribution in [2.75, 3.05) is 17.2 Å². The molecule has 0 aliphatic heterocycles. The van der Waals surface area contributed by atoms with Crippen molar-refractivity contribution >= 4 is 33.3 Å². The molecule has 2 aromatic heterocycles. The highest BCUT2D eigenvalue weighted by atomic mass is 32.1. The van der Waals surface area contributed by atoms with Gasteiger partial charge in [-0.05, 0) is 36.6 Å². The first-order chi connectivity index (χ1) is 10.1. The fourth-order valence-electron chi connectivity index (χ4n) is 3.15. The van der Waals surface area contributed by atoms with Crippen molar-refractivity contribution in [2.24, 2.45) is 5.92 Å². The third-order valence-corrected chi connectivity index (χ3v) is 5.11. The predicted molar refractivity (Wildman–Crippen MR) is 90.9 cm³/mol. The standard InChI is InChI=1S/C16H24N4S/c1-11(2)7-9-20(12-5-3-4-6-12)14-13-8-10-21-15(13)19-16(17)18-14/h8,10-12H,3-7,9H2,1-2H3,(H2,17,18,19). The first-order valence-corrected chi connectivity index (χ1v) is 8.80. The molecule has 21 heavy (non-hydrogen) atoms. The van der Waals surface area contributed by atoms with Crippen molar-refractivity contribution in [3.05, 3.63) is 11.4 Å². The van der Waals surface area contributed by atoms with Gasteiger partial charge in [-0.2, -0.15) is 4.98 Å². The molecule has 1 fully saturated rings. The van der Waals surface area contributed by atoms with Crippen LogP contribution in [-0.2, 0) is 0 Å². The number of thiophene rings is 1. The average Bonchev–Trinajstić information content (AvgIpc) is 3.08. The average molecular weight is 304 g/mol. The Hall–Kier alpha value is -1.36. The summed E-state index contributed by atoms with van der Waals surface area (Å²) in [4.78, 5) is 12.5. The molecule has 0 unspecified atom stereocenters. The molecule has 0 spiro atoms. The van der Waals surface area contributed by atoms with Gasteiger partial charge in [0.2, 0.25) is 5.95 Å². The van der Waals surface area contributed by atoms with Gasteiger partial charge in [0.25, 0.3) is 0 Å². The van der Waals surface area contributed by atoms with Gasteiger partial charge in [-0.25, -0.2) is 4.98 Å². The summed E-state index contributed by atoms with van der Waals surface area (Å²) in [6, 6.07) is 2.74. The SMILES string of the molecule is CC(C)CCN(c1nc(N)nc2sccc12)C1CCCC1. The second kappa shape index (κ2) is 6.18. The zero-order valence-corrected chi connectivity index (χ0v) is 13.7. The summed E-state index contributed by atoms with van der Waals surface area (Å²) in [5, 5.41) is 3.24. The van der Waals surface area contributed by atoms with E-state index in [9.17, 15) is 0 Å². The van der Waals surface area contributed by atoms with E-state index in [1.165, 1.54) is 32.1 Å². The third kappa shape index (κ3) is 3.12. The lowest BCUT2D eigenvalue weighted by atomic mass is 10.1. The Labute approximate surface area is 130 Å². The first kappa shape index (κ1) is 14.6. The van der Waals surface area contributed by atoms with Crippen LogP contribution in [0.15, 0.2) is 11.4 Å². The van der Waals surface area contributed by atoms with E-state index in [0.29, 0.717) is 17.9 Å².